The monoisotopic (exact) mass is 537 g/mol. The Kier molecular flexibility index (Phi) is 9.97. The number of aromatic nitrogens is 3. The molecule has 1 aliphatic rings. The summed E-state index contributed by atoms with van der Waals surface area (Å²) in [5.74, 6) is -0.434. The Balaban J connectivity index is 1.91. The third-order valence-corrected chi connectivity index (χ3v) is 7.60. The first-order chi connectivity index (χ1) is 17.7. The van der Waals surface area contributed by atoms with Crippen molar-refractivity contribution in [2.24, 2.45) is 0 Å². The minimum absolute atomic E-state index is 0.0455. The van der Waals surface area contributed by atoms with Crippen LogP contribution < -0.4 is 15.4 Å². The van der Waals surface area contributed by atoms with Crippen LogP contribution in [-0.4, -0.2) is 104 Å². The van der Waals surface area contributed by atoms with Gasteiger partial charge in [0.05, 0.1) is 25.1 Å². The molecular formula is C23H35N7O6S. The van der Waals surface area contributed by atoms with E-state index in [9.17, 15) is 18.0 Å². The van der Waals surface area contributed by atoms with Gasteiger partial charge in [-0.1, -0.05) is 13.3 Å². The minimum atomic E-state index is -3.84. The summed E-state index contributed by atoms with van der Waals surface area (Å²) in [4.78, 5) is 32.2. The number of hydrogen-bond acceptors (Lipinski definition) is 9. The van der Waals surface area contributed by atoms with Gasteiger partial charge < -0.3 is 25.0 Å². The third-order valence-electron chi connectivity index (χ3n) is 5.73. The van der Waals surface area contributed by atoms with Crippen molar-refractivity contribution in [1.82, 2.24) is 29.3 Å². The Hall–Kier alpha value is -3.07. The molecule has 3 rings (SSSR count). The number of carbonyl (C=O) groups excluding carboxylic acids is 2. The van der Waals surface area contributed by atoms with Crippen molar-refractivity contribution in [3.05, 3.63) is 29.7 Å². The van der Waals surface area contributed by atoms with Gasteiger partial charge in [-0.15, -0.1) is 0 Å². The Morgan fingerprint density at radius 2 is 1.86 bits per heavy atom. The second-order valence-corrected chi connectivity index (χ2v) is 10.5. The molecule has 2 N–H and O–H groups in total. The maximum absolute atomic E-state index is 13.3. The number of carbonyl (C=O) groups is 2. The molecule has 2 amide bonds. The van der Waals surface area contributed by atoms with Gasteiger partial charge in [0.15, 0.2) is 0 Å². The Morgan fingerprint density at radius 1 is 1.14 bits per heavy atom. The van der Waals surface area contributed by atoms with Gasteiger partial charge >= 0.3 is 6.03 Å². The summed E-state index contributed by atoms with van der Waals surface area (Å²) in [6.07, 6.45) is 2.56. The minimum Gasteiger partial charge on any atom is -0.476 e. The zero-order valence-corrected chi connectivity index (χ0v) is 22.5. The van der Waals surface area contributed by atoms with Crippen LogP contribution in [0.2, 0.25) is 0 Å². The summed E-state index contributed by atoms with van der Waals surface area (Å²) in [5, 5.41) is 9.61. The molecule has 0 aromatic carbocycles. The molecule has 204 valence electrons. The number of sulfonamides is 1. The predicted octanol–water partition coefficient (Wildman–Crippen LogP) is 1.02. The summed E-state index contributed by atoms with van der Waals surface area (Å²) in [6, 6.07) is 2.12. The SMILES string of the molecule is CCCc1cc(C(=O)NCCOC)n(C(=O)Nc2cc(S(=O)(=O)N3CCN(C)CC3)cnc2OCC)n1. The summed E-state index contributed by atoms with van der Waals surface area (Å²) < 4.78 is 39.3. The van der Waals surface area contributed by atoms with E-state index in [-0.39, 0.29) is 35.3 Å². The molecule has 3 heterocycles. The molecule has 0 saturated carbocycles. The first-order valence-corrected chi connectivity index (χ1v) is 13.6. The Morgan fingerprint density at radius 3 is 2.51 bits per heavy atom. The number of methoxy groups -OCH3 is 1. The summed E-state index contributed by atoms with van der Waals surface area (Å²) in [7, 11) is -0.386. The molecule has 1 aliphatic heterocycles. The molecule has 0 spiro atoms. The standard InChI is InChI=1S/C23H35N7O6S/c1-5-7-17-14-20(21(31)24-8-13-35-4)30(27-17)23(32)26-19-15-18(16-25-22(19)36-6-2)37(33,34)29-11-9-28(3)10-12-29/h14-16H,5-13H2,1-4H3,(H,24,31)(H,26,32). The van der Waals surface area contributed by atoms with Crippen LogP contribution in [0.5, 0.6) is 5.88 Å². The molecule has 13 nitrogen and oxygen atoms in total. The van der Waals surface area contributed by atoms with Crippen molar-refractivity contribution in [3.63, 3.8) is 0 Å². The first-order valence-electron chi connectivity index (χ1n) is 12.2. The first kappa shape index (κ1) is 28.5. The highest BCUT2D eigenvalue weighted by Crippen LogP contribution is 2.27. The number of nitrogens with zero attached hydrogens (tertiary/aromatic N) is 5. The van der Waals surface area contributed by atoms with Gasteiger partial charge in [-0.3, -0.25) is 4.79 Å². The average Bonchev–Trinajstić information content (AvgIpc) is 3.30. The van der Waals surface area contributed by atoms with Crippen LogP contribution in [-0.2, 0) is 21.2 Å². The van der Waals surface area contributed by atoms with E-state index in [1.54, 1.807) is 13.0 Å². The molecule has 2 aromatic rings. The molecule has 0 atom stereocenters. The van der Waals surface area contributed by atoms with Gasteiger partial charge in [0.1, 0.15) is 16.3 Å². The number of piperazine rings is 1. The fourth-order valence-electron chi connectivity index (χ4n) is 3.74. The van der Waals surface area contributed by atoms with E-state index in [1.807, 2.05) is 18.9 Å². The molecule has 0 bridgehead atoms. The van der Waals surface area contributed by atoms with Crippen molar-refractivity contribution >= 4 is 27.6 Å². The maximum atomic E-state index is 13.3. The van der Waals surface area contributed by atoms with E-state index < -0.39 is 22.0 Å². The summed E-state index contributed by atoms with van der Waals surface area (Å²) in [6.45, 7) is 6.45. The zero-order chi connectivity index (χ0) is 27.0. The van der Waals surface area contributed by atoms with Crippen LogP contribution >= 0.6 is 0 Å². The van der Waals surface area contributed by atoms with Crippen molar-refractivity contribution in [1.29, 1.82) is 0 Å². The maximum Gasteiger partial charge on any atom is 0.347 e. The highest BCUT2D eigenvalue weighted by Gasteiger charge is 2.29. The van der Waals surface area contributed by atoms with Crippen LogP contribution in [0.25, 0.3) is 0 Å². The second kappa shape index (κ2) is 12.9. The number of amides is 2. The van der Waals surface area contributed by atoms with E-state index in [1.165, 1.54) is 23.7 Å². The van der Waals surface area contributed by atoms with E-state index in [4.69, 9.17) is 9.47 Å². The van der Waals surface area contributed by atoms with Gasteiger partial charge in [0.25, 0.3) is 5.91 Å². The van der Waals surface area contributed by atoms with Gasteiger partial charge in [0.2, 0.25) is 15.9 Å². The van der Waals surface area contributed by atoms with Crippen LogP contribution in [0.4, 0.5) is 10.5 Å². The predicted molar refractivity (Wildman–Crippen MR) is 137 cm³/mol. The third kappa shape index (κ3) is 7.03. The van der Waals surface area contributed by atoms with Gasteiger partial charge in [0, 0.05) is 39.8 Å². The number of pyridine rings is 1. The van der Waals surface area contributed by atoms with Gasteiger partial charge in [-0.2, -0.15) is 14.1 Å². The lowest BCUT2D eigenvalue weighted by Gasteiger charge is -2.31. The fraction of sp³-hybridized carbons (Fsp3) is 0.565. The van der Waals surface area contributed by atoms with E-state index in [2.05, 4.69) is 20.7 Å². The quantitative estimate of drug-likeness (QED) is 0.401. The molecule has 0 radical (unpaired) electrons. The van der Waals surface area contributed by atoms with Crippen molar-refractivity contribution in [3.8, 4) is 5.88 Å². The molecule has 2 aromatic heterocycles. The number of hydrogen-bond donors (Lipinski definition) is 2. The summed E-state index contributed by atoms with van der Waals surface area (Å²) >= 11 is 0. The van der Waals surface area contributed by atoms with Gasteiger partial charge in [-0.25, -0.2) is 18.2 Å². The van der Waals surface area contributed by atoms with E-state index >= 15 is 0 Å². The number of anilines is 1. The van der Waals surface area contributed by atoms with Crippen molar-refractivity contribution in [2.45, 2.75) is 31.6 Å². The topological polar surface area (TPSA) is 148 Å². The van der Waals surface area contributed by atoms with Crippen LogP contribution in [0.1, 0.15) is 36.5 Å². The average molecular weight is 538 g/mol. The lowest BCUT2D eigenvalue weighted by molar-refractivity contribution is 0.0928. The zero-order valence-electron chi connectivity index (χ0n) is 21.7. The Labute approximate surface area is 217 Å². The molecule has 0 unspecified atom stereocenters. The van der Waals surface area contributed by atoms with Crippen molar-refractivity contribution < 1.29 is 27.5 Å². The highest BCUT2D eigenvalue weighted by molar-refractivity contribution is 7.89. The fourth-order valence-corrected chi connectivity index (χ4v) is 5.14. The number of nitrogens with one attached hydrogen (secondary N) is 2. The number of likely N-dealkylation sites (N-methyl/N-ethyl adjacent to an activating group) is 1. The number of aryl methyl sites for hydroxylation is 1. The highest BCUT2D eigenvalue weighted by atomic mass is 32.2. The van der Waals surface area contributed by atoms with Crippen LogP contribution in [0.15, 0.2) is 23.2 Å². The number of ether oxygens (including phenoxy) is 2. The van der Waals surface area contributed by atoms with Crippen LogP contribution in [0, 0.1) is 0 Å². The van der Waals surface area contributed by atoms with Gasteiger partial charge in [-0.05, 0) is 32.5 Å². The molecule has 0 aliphatic carbocycles. The smallest absolute Gasteiger partial charge is 0.347 e. The molecular weight excluding hydrogens is 502 g/mol. The normalized spacial score (nSPS) is 14.9. The molecule has 14 heteroatoms. The number of rotatable bonds is 11. The summed E-state index contributed by atoms with van der Waals surface area (Å²) in [5.41, 5.74) is 0.675. The Bertz CT molecular complexity index is 1190. The van der Waals surface area contributed by atoms with E-state index in [0.717, 1.165) is 11.1 Å². The second-order valence-electron chi connectivity index (χ2n) is 8.53. The molecule has 1 fully saturated rings. The lowest BCUT2D eigenvalue weighted by atomic mass is 10.2. The van der Waals surface area contributed by atoms with Crippen LogP contribution in [0.3, 0.4) is 0 Å². The largest absolute Gasteiger partial charge is 0.476 e. The van der Waals surface area contributed by atoms with E-state index in [0.29, 0.717) is 44.9 Å². The van der Waals surface area contributed by atoms with Crippen molar-refractivity contribution in [2.75, 3.05) is 65.4 Å². The molecule has 1 saturated heterocycles. The molecule has 37 heavy (non-hydrogen) atoms. The lowest BCUT2D eigenvalue weighted by Crippen LogP contribution is -2.47.